The molecule has 21 heavy (non-hydrogen) atoms. The first kappa shape index (κ1) is 13.0. The second kappa shape index (κ2) is 4.86. The van der Waals surface area contributed by atoms with Crippen molar-refractivity contribution in [1.29, 1.82) is 0 Å². The van der Waals surface area contributed by atoms with E-state index in [0.29, 0.717) is 17.0 Å². The highest BCUT2D eigenvalue weighted by Crippen LogP contribution is 2.25. The van der Waals surface area contributed by atoms with Crippen molar-refractivity contribution in [3.8, 4) is 17.1 Å². The van der Waals surface area contributed by atoms with Gasteiger partial charge < -0.3 is 9.84 Å². The zero-order valence-corrected chi connectivity index (χ0v) is 10.9. The van der Waals surface area contributed by atoms with E-state index in [0.717, 1.165) is 0 Å². The summed E-state index contributed by atoms with van der Waals surface area (Å²) in [5, 5.41) is 17.0. The minimum Gasteiger partial charge on any atom is -0.494 e. The molecular weight excluding hydrogens is 277 g/mol. The van der Waals surface area contributed by atoms with Crippen molar-refractivity contribution in [1.82, 2.24) is 14.6 Å². The Balaban J connectivity index is 2.20. The summed E-state index contributed by atoms with van der Waals surface area (Å²) in [6, 6.07) is 7.28. The highest BCUT2D eigenvalue weighted by Gasteiger charge is 2.13. The molecule has 0 radical (unpaired) electrons. The largest absolute Gasteiger partial charge is 0.494 e. The number of nitrogens with zero attached hydrogens (tertiary/aromatic N) is 3. The van der Waals surface area contributed by atoms with E-state index in [-0.39, 0.29) is 11.3 Å². The van der Waals surface area contributed by atoms with Crippen LogP contribution >= 0.6 is 0 Å². The molecule has 0 fully saturated rings. The molecule has 6 nitrogen and oxygen atoms in total. The van der Waals surface area contributed by atoms with E-state index in [2.05, 4.69) is 10.2 Å². The molecule has 0 saturated carbocycles. The molecule has 0 saturated heterocycles. The summed E-state index contributed by atoms with van der Waals surface area (Å²) in [6.07, 6.45) is 1.42. The molecular formula is C14H10FN3O3. The van der Waals surface area contributed by atoms with Gasteiger partial charge in [-0.2, -0.15) is 0 Å². The number of ether oxygens (including phenoxy) is 1. The molecule has 1 N–H and O–H groups in total. The van der Waals surface area contributed by atoms with Gasteiger partial charge in [0.05, 0.1) is 12.7 Å². The van der Waals surface area contributed by atoms with Gasteiger partial charge in [0.2, 0.25) is 0 Å². The lowest BCUT2D eigenvalue weighted by molar-refractivity contribution is 0.0696. The molecule has 0 unspecified atom stereocenters. The van der Waals surface area contributed by atoms with Crippen molar-refractivity contribution in [3.05, 3.63) is 47.9 Å². The lowest BCUT2D eigenvalue weighted by atomic mass is 10.2. The van der Waals surface area contributed by atoms with E-state index in [9.17, 15) is 9.18 Å². The van der Waals surface area contributed by atoms with Gasteiger partial charge in [-0.3, -0.25) is 4.40 Å². The normalized spacial score (nSPS) is 10.8. The van der Waals surface area contributed by atoms with Gasteiger partial charge in [-0.05, 0) is 30.3 Å². The summed E-state index contributed by atoms with van der Waals surface area (Å²) in [5.74, 6) is -1.04. The Hall–Kier alpha value is -2.96. The fourth-order valence-corrected chi connectivity index (χ4v) is 2.01. The number of carboxylic acid groups (broad SMARTS) is 1. The summed E-state index contributed by atoms with van der Waals surface area (Å²) in [4.78, 5) is 11.0. The van der Waals surface area contributed by atoms with Crippen LogP contribution < -0.4 is 4.74 Å². The second-order valence-corrected chi connectivity index (χ2v) is 4.32. The number of methoxy groups -OCH3 is 1. The van der Waals surface area contributed by atoms with Gasteiger partial charge in [0.15, 0.2) is 23.0 Å². The molecule has 0 bridgehead atoms. The van der Waals surface area contributed by atoms with Crippen molar-refractivity contribution in [3.63, 3.8) is 0 Å². The van der Waals surface area contributed by atoms with Gasteiger partial charge in [-0.1, -0.05) is 0 Å². The smallest absolute Gasteiger partial charge is 0.337 e. The Kier molecular flexibility index (Phi) is 3.02. The van der Waals surface area contributed by atoms with Gasteiger partial charge in [-0.25, -0.2) is 9.18 Å². The summed E-state index contributed by atoms with van der Waals surface area (Å²) in [5.41, 5.74) is 1.18. The van der Waals surface area contributed by atoms with Crippen LogP contribution in [0, 0.1) is 5.82 Å². The van der Waals surface area contributed by atoms with E-state index in [1.807, 2.05) is 0 Å². The first-order chi connectivity index (χ1) is 10.1. The number of rotatable bonds is 3. The monoisotopic (exact) mass is 287 g/mol. The van der Waals surface area contributed by atoms with Crippen molar-refractivity contribution < 1.29 is 19.0 Å². The van der Waals surface area contributed by atoms with Gasteiger partial charge in [0, 0.05) is 11.8 Å². The van der Waals surface area contributed by atoms with Gasteiger partial charge >= 0.3 is 5.97 Å². The van der Waals surface area contributed by atoms with Crippen LogP contribution in [0.3, 0.4) is 0 Å². The van der Waals surface area contributed by atoms with Crippen LogP contribution in [0.4, 0.5) is 4.39 Å². The average molecular weight is 287 g/mol. The van der Waals surface area contributed by atoms with Gasteiger partial charge in [0.1, 0.15) is 0 Å². The van der Waals surface area contributed by atoms with Crippen molar-refractivity contribution in [2.45, 2.75) is 0 Å². The third-order valence-electron chi connectivity index (χ3n) is 3.06. The van der Waals surface area contributed by atoms with Crippen LogP contribution in [-0.2, 0) is 0 Å². The summed E-state index contributed by atoms with van der Waals surface area (Å²) in [7, 11) is 1.37. The Morgan fingerprint density at radius 3 is 2.81 bits per heavy atom. The predicted molar refractivity (Wildman–Crippen MR) is 71.9 cm³/mol. The van der Waals surface area contributed by atoms with Gasteiger partial charge in [0.25, 0.3) is 0 Å². The van der Waals surface area contributed by atoms with Crippen LogP contribution in [-0.4, -0.2) is 32.8 Å². The Morgan fingerprint density at radius 1 is 1.29 bits per heavy atom. The molecule has 106 valence electrons. The maximum Gasteiger partial charge on any atom is 0.337 e. The van der Waals surface area contributed by atoms with Gasteiger partial charge in [-0.15, -0.1) is 10.2 Å². The maximum absolute atomic E-state index is 13.4. The number of carbonyl (C=O) groups is 1. The number of pyridine rings is 1. The van der Waals surface area contributed by atoms with E-state index >= 15 is 0 Å². The molecule has 3 aromatic rings. The maximum atomic E-state index is 13.4. The van der Waals surface area contributed by atoms with Crippen LogP contribution in [0.25, 0.3) is 17.0 Å². The molecule has 0 aliphatic heterocycles. The highest BCUT2D eigenvalue weighted by molar-refractivity contribution is 5.87. The first-order valence-corrected chi connectivity index (χ1v) is 6.02. The lowest BCUT2D eigenvalue weighted by Crippen LogP contribution is -1.99. The van der Waals surface area contributed by atoms with Crippen LogP contribution in [0.5, 0.6) is 5.75 Å². The fourth-order valence-electron chi connectivity index (χ4n) is 2.01. The number of benzene rings is 1. The minimum atomic E-state index is -1.05. The number of halogens is 1. The molecule has 1 aromatic carbocycles. The number of aromatic carboxylic acids is 1. The Morgan fingerprint density at radius 2 is 2.10 bits per heavy atom. The highest BCUT2D eigenvalue weighted by atomic mass is 19.1. The number of aromatic nitrogens is 3. The van der Waals surface area contributed by atoms with E-state index in [1.54, 1.807) is 6.07 Å². The van der Waals surface area contributed by atoms with Crippen molar-refractivity contribution in [2.24, 2.45) is 0 Å². The van der Waals surface area contributed by atoms with E-state index in [1.165, 1.54) is 42.0 Å². The zero-order chi connectivity index (χ0) is 15.0. The number of carboxylic acids is 1. The summed E-state index contributed by atoms with van der Waals surface area (Å²) < 4.78 is 19.9. The Bertz CT molecular complexity index is 845. The molecule has 0 aliphatic rings. The van der Waals surface area contributed by atoms with Crippen LogP contribution in [0.2, 0.25) is 0 Å². The molecule has 0 amide bonds. The molecule has 7 heteroatoms. The number of fused-ring (bicyclic) bond motifs is 1. The molecule has 2 heterocycles. The molecule has 0 aliphatic carbocycles. The Labute approximate surface area is 118 Å². The fraction of sp³-hybridized carbons (Fsp3) is 0.0714. The molecule has 3 rings (SSSR count). The molecule has 0 spiro atoms. The number of hydrogen-bond acceptors (Lipinski definition) is 4. The lowest BCUT2D eigenvalue weighted by Gasteiger charge is -2.05. The van der Waals surface area contributed by atoms with Crippen molar-refractivity contribution in [2.75, 3.05) is 7.11 Å². The van der Waals surface area contributed by atoms with Crippen molar-refractivity contribution >= 4 is 11.6 Å². The standard InChI is InChI=1S/C14H10FN3O3/c1-21-11-6-8(2-4-10(11)15)13-17-16-12-5-3-9(14(19)20)7-18(12)13/h2-7H,1H3,(H,19,20). The predicted octanol–water partition coefficient (Wildman–Crippen LogP) is 2.24. The third kappa shape index (κ3) is 2.18. The summed E-state index contributed by atoms with van der Waals surface area (Å²) >= 11 is 0. The third-order valence-corrected chi connectivity index (χ3v) is 3.06. The second-order valence-electron chi connectivity index (χ2n) is 4.32. The van der Waals surface area contributed by atoms with E-state index in [4.69, 9.17) is 9.84 Å². The van der Waals surface area contributed by atoms with E-state index < -0.39 is 11.8 Å². The average Bonchev–Trinajstić information content (AvgIpc) is 2.90. The first-order valence-electron chi connectivity index (χ1n) is 6.02. The summed E-state index contributed by atoms with van der Waals surface area (Å²) in [6.45, 7) is 0. The molecule has 0 atom stereocenters. The quantitative estimate of drug-likeness (QED) is 0.799. The van der Waals surface area contributed by atoms with Crippen LogP contribution in [0.15, 0.2) is 36.5 Å². The zero-order valence-electron chi connectivity index (χ0n) is 10.9. The SMILES string of the molecule is COc1cc(-c2nnc3ccc(C(=O)O)cn23)ccc1F. The molecule has 2 aromatic heterocycles. The topological polar surface area (TPSA) is 76.7 Å². The minimum absolute atomic E-state index is 0.0821. The number of hydrogen-bond donors (Lipinski definition) is 1. The van der Waals surface area contributed by atoms with Crippen LogP contribution in [0.1, 0.15) is 10.4 Å².